The van der Waals surface area contributed by atoms with Crippen LogP contribution in [0.1, 0.15) is 30.1 Å². The van der Waals surface area contributed by atoms with Gasteiger partial charge in [-0.3, -0.25) is 9.52 Å². The van der Waals surface area contributed by atoms with Crippen molar-refractivity contribution in [2.45, 2.75) is 19.8 Å². The summed E-state index contributed by atoms with van der Waals surface area (Å²) >= 11 is 1.36. The second kappa shape index (κ2) is 8.45. The normalized spacial score (nSPS) is 10.6. The van der Waals surface area contributed by atoms with Crippen LogP contribution in [-0.4, -0.2) is 36.8 Å². The Kier molecular flexibility index (Phi) is 6.92. The lowest BCUT2D eigenvalue weighted by Gasteiger charge is -1.99. The van der Waals surface area contributed by atoms with Crippen LogP contribution in [0.25, 0.3) is 11.3 Å². The molecule has 9 nitrogen and oxygen atoms in total. The second-order valence-corrected chi connectivity index (χ2v) is 7.17. The number of anilines is 1. The average molecular weight is 375 g/mol. The average Bonchev–Trinajstić information content (AvgIpc) is 3.05. The van der Waals surface area contributed by atoms with Crippen LogP contribution in [0.4, 0.5) is 5.88 Å². The minimum atomic E-state index is -3.63. The Morgan fingerprint density at radius 3 is 2.50 bits per heavy atom. The van der Waals surface area contributed by atoms with E-state index in [0.717, 1.165) is 12.7 Å². The van der Waals surface area contributed by atoms with Gasteiger partial charge in [-0.2, -0.15) is 11.3 Å². The van der Waals surface area contributed by atoms with E-state index in [1.807, 2.05) is 11.6 Å². The Hall–Kier alpha value is -2.40. The number of thiophene rings is 1. The summed E-state index contributed by atoms with van der Waals surface area (Å²) < 4.78 is 28.9. The third-order valence-electron chi connectivity index (χ3n) is 2.48. The Morgan fingerprint density at radius 1 is 1.46 bits per heavy atom. The summed E-state index contributed by atoms with van der Waals surface area (Å²) in [6.45, 7) is 1.92. The number of primary amides is 1. The number of carbonyl (C=O) groups is 2. The molecule has 0 saturated heterocycles. The molecule has 0 aromatic carbocycles. The maximum Gasteiger partial charge on any atom is 0.343 e. The highest BCUT2D eigenvalue weighted by molar-refractivity contribution is 7.92. The minimum Gasteiger partial charge on any atom is -0.477 e. The van der Waals surface area contributed by atoms with E-state index in [2.05, 4.69) is 5.16 Å². The molecule has 2 heterocycles. The number of nitrogens with one attached hydrogen (secondary N) is 1. The molecule has 0 bridgehead atoms. The molecule has 0 radical (unpaired) electrons. The zero-order valence-corrected chi connectivity index (χ0v) is 14.6. The summed E-state index contributed by atoms with van der Waals surface area (Å²) in [5.74, 6) is -1.92. The summed E-state index contributed by atoms with van der Waals surface area (Å²) in [6, 6.07) is 1.67. The lowest BCUT2D eigenvalue weighted by atomic mass is 10.1. The number of rotatable bonds is 6. The molecule has 0 aliphatic heterocycles. The smallest absolute Gasteiger partial charge is 0.343 e. The SMILES string of the molecule is CCCC(N)=O.CS(=O)(=O)Nc1onc(-c2ccsc2)c1C(=O)O. The van der Waals surface area contributed by atoms with Gasteiger partial charge >= 0.3 is 5.97 Å². The Bertz CT molecular complexity index is 796. The molecular formula is C13H17N3O6S2. The van der Waals surface area contributed by atoms with Gasteiger partial charge in [-0.05, 0) is 17.9 Å². The quantitative estimate of drug-likeness (QED) is 0.695. The first-order valence-corrected chi connectivity index (χ1v) is 9.50. The van der Waals surface area contributed by atoms with Crippen molar-refractivity contribution >= 4 is 39.1 Å². The number of hydrogen-bond donors (Lipinski definition) is 3. The Morgan fingerprint density at radius 2 is 2.12 bits per heavy atom. The predicted octanol–water partition coefficient (Wildman–Crippen LogP) is 1.74. The summed E-state index contributed by atoms with van der Waals surface area (Å²) in [4.78, 5) is 21.0. The third-order valence-corrected chi connectivity index (χ3v) is 3.71. The summed E-state index contributed by atoms with van der Waals surface area (Å²) in [5.41, 5.74) is 5.11. The van der Waals surface area contributed by atoms with Crippen LogP contribution in [0.3, 0.4) is 0 Å². The number of hydrogen-bond acceptors (Lipinski definition) is 7. The van der Waals surface area contributed by atoms with E-state index in [1.54, 1.807) is 16.8 Å². The van der Waals surface area contributed by atoms with E-state index >= 15 is 0 Å². The van der Waals surface area contributed by atoms with Crippen molar-refractivity contribution < 1.29 is 27.6 Å². The van der Waals surface area contributed by atoms with E-state index in [1.165, 1.54) is 11.3 Å². The largest absolute Gasteiger partial charge is 0.477 e. The van der Waals surface area contributed by atoms with E-state index < -0.39 is 21.9 Å². The molecule has 11 heteroatoms. The maximum absolute atomic E-state index is 11.2. The van der Waals surface area contributed by atoms with Crippen molar-refractivity contribution in [1.29, 1.82) is 0 Å². The molecular weight excluding hydrogens is 358 g/mol. The molecule has 0 fully saturated rings. The van der Waals surface area contributed by atoms with Crippen LogP contribution < -0.4 is 10.5 Å². The van der Waals surface area contributed by atoms with Crippen molar-refractivity contribution in [3.8, 4) is 11.3 Å². The molecule has 2 aromatic rings. The van der Waals surface area contributed by atoms with Gasteiger partial charge in [0.2, 0.25) is 15.9 Å². The molecule has 0 atom stereocenters. The van der Waals surface area contributed by atoms with Gasteiger partial charge in [0.15, 0.2) is 5.56 Å². The standard InChI is InChI=1S/C9H8N2O5S2.C4H9NO/c1-18(14,15)11-8-6(9(12)13)7(10-16-8)5-2-3-17-4-5;1-2-3-4(5)6/h2-4,11H,1H3,(H,12,13);2-3H2,1H3,(H2,5,6). The van der Waals surface area contributed by atoms with Gasteiger partial charge in [0.05, 0.1) is 6.26 Å². The van der Waals surface area contributed by atoms with Crippen molar-refractivity contribution in [2.24, 2.45) is 5.73 Å². The van der Waals surface area contributed by atoms with Crippen molar-refractivity contribution in [3.05, 3.63) is 22.4 Å². The van der Waals surface area contributed by atoms with E-state index in [0.29, 0.717) is 12.0 Å². The minimum absolute atomic E-state index is 0.0925. The summed E-state index contributed by atoms with van der Waals surface area (Å²) in [7, 11) is -3.63. The number of carbonyl (C=O) groups excluding carboxylic acids is 1. The van der Waals surface area contributed by atoms with E-state index in [4.69, 9.17) is 15.4 Å². The molecule has 1 amide bonds. The molecule has 2 rings (SSSR count). The van der Waals surface area contributed by atoms with Gasteiger partial charge in [0.25, 0.3) is 5.88 Å². The molecule has 0 unspecified atom stereocenters. The zero-order valence-electron chi connectivity index (χ0n) is 13.0. The number of carboxylic acids is 1. The fraction of sp³-hybridized carbons (Fsp3) is 0.308. The summed E-state index contributed by atoms with van der Waals surface area (Å²) in [6.07, 6.45) is 2.26. The number of aromatic nitrogens is 1. The highest BCUT2D eigenvalue weighted by Gasteiger charge is 2.25. The van der Waals surface area contributed by atoms with Crippen molar-refractivity contribution in [2.75, 3.05) is 11.0 Å². The molecule has 132 valence electrons. The first-order chi connectivity index (χ1) is 11.2. The number of sulfonamides is 1. The molecule has 2 aromatic heterocycles. The first-order valence-electron chi connectivity index (χ1n) is 6.67. The van der Waals surface area contributed by atoms with Gasteiger partial charge in [-0.1, -0.05) is 12.1 Å². The van der Waals surface area contributed by atoms with Gasteiger partial charge in [-0.15, -0.1) is 0 Å². The lowest BCUT2D eigenvalue weighted by molar-refractivity contribution is -0.118. The maximum atomic E-state index is 11.2. The van der Waals surface area contributed by atoms with Gasteiger partial charge < -0.3 is 15.4 Å². The molecule has 0 saturated carbocycles. The first kappa shape index (κ1) is 19.6. The van der Waals surface area contributed by atoms with Gasteiger partial charge in [-0.25, -0.2) is 13.2 Å². The van der Waals surface area contributed by atoms with E-state index in [-0.39, 0.29) is 17.2 Å². The lowest BCUT2D eigenvalue weighted by Crippen LogP contribution is -2.12. The third kappa shape index (κ3) is 6.01. The Balaban J connectivity index is 0.000000413. The van der Waals surface area contributed by atoms with Crippen LogP contribution in [-0.2, 0) is 14.8 Å². The number of nitrogens with zero attached hydrogens (tertiary/aromatic N) is 1. The van der Waals surface area contributed by atoms with Gasteiger partial charge in [0.1, 0.15) is 5.69 Å². The van der Waals surface area contributed by atoms with Crippen LogP contribution >= 0.6 is 11.3 Å². The highest BCUT2D eigenvalue weighted by Crippen LogP contribution is 2.30. The highest BCUT2D eigenvalue weighted by atomic mass is 32.2. The van der Waals surface area contributed by atoms with Crippen molar-refractivity contribution in [1.82, 2.24) is 5.16 Å². The second-order valence-electron chi connectivity index (χ2n) is 4.64. The molecule has 0 spiro atoms. The van der Waals surface area contributed by atoms with Crippen LogP contribution in [0.15, 0.2) is 21.3 Å². The monoisotopic (exact) mass is 375 g/mol. The van der Waals surface area contributed by atoms with E-state index in [9.17, 15) is 18.0 Å². The number of aromatic carboxylic acids is 1. The van der Waals surface area contributed by atoms with Crippen LogP contribution in [0.2, 0.25) is 0 Å². The predicted molar refractivity (Wildman–Crippen MR) is 89.3 cm³/mol. The Labute approximate surface area is 142 Å². The molecule has 4 N–H and O–H groups in total. The molecule has 0 aliphatic carbocycles. The van der Waals surface area contributed by atoms with Crippen molar-refractivity contribution in [3.63, 3.8) is 0 Å². The fourth-order valence-electron chi connectivity index (χ4n) is 1.57. The number of amides is 1. The fourth-order valence-corrected chi connectivity index (χ4v) is 2.69. The number of nitrogens with two attached hydrogens (primary N) is 1. The molecule has 0 aliphatic rings. The molecule has 24 heavy (non-hydrogen) atoms. The zero-order chi connectivity index (χ0) is 18.3. The topological polar surface area (TPSA) is 153 Å². The van der Waals surface area contributed by atoms with Crippen LogP contribution in [0, 0.1) is 0 Å². The summed E-state index contributed by atoms with van der Waals surface area (Å²) in [5, 5.41) is 16.1. The van der Waals surface area contributed by atoms with Gasteiger partial charge in [0, 0.05) is 17.4 Å². The number of carboxylic acid groups (broad SMARTS) is 1. The van der Waals surface area contributed by atoms with Crippen LogP contribution in [0.5, 0.6) is 0 Å².